The number of benzene rings is 2. The van der Waals surface area contributed by atoms with Crippen molar-refractivity contribution in [2.75, 3.05) is 23.7 Å². The van der Waals surface area contributed by atoms with Crippen LogP contribution in [0.1, 0.15) is 5.56 Å². The first-order chi connectivity index (χ1) is 13.5. The summed E-state index contributed by atoms with van der Waals surface area (Å²) in [6, 6.07) is 4.36. The zero-order valence-corrected chi connectivity index (χ0v) is 15.0. The van der Waals surface area contributed by atoms with Crippen molar-refractivity contribution in [1.29, 1.82) is 0 Å². The maximum Gasteiger partial charge on any atom is 0.417 e. The molecule has 2 amide bonds. The zero-order valence-electron chi connectivity index (χ0n) is 14.3. The summed E-state index contributed by atoms with van der Waals surface area (Å²) in [7, 11) is 0. The van der Waals surface area contributed by atoms with Crippen LogP contribution in [-0.2, 0) is 15.8 Å². The van der Waals surface area contributed by atoms with Crippen molar-refractivity contribution in [1.82, 2.24) is 5.32 Å². The molecule has 5 nitrogen and oxygen atoms in total. The first-order valence-corrected chi connectivity index (χ1v) is 8.17. The Hall–Kier alpha value is -2.95. The molecule has 0 fully saturated rings. The number of anilines is 2. The highest BCUT2D eigenvalue weighted by atomic mass is 35.5. The van der Waals surface area contributed by atoms with Crippen molar-refractivity contribution >= 4 is 34.8 Å². The van der Waals surface area contributed by atoms with Gasteiger partial charge in [-0.3, -0.25) is 9.59 Å². The van der Waals surface area contributed by atoms with Crippen molar-refractivity contribution < 1.29 is 35.9 Å². The standard InChI is InChI=1S/C17H12ClF6N3O2/c18-10-2-1-8(5-9(10)17(22,23)24)25-6-13(28)26-7-14(29)27-12-4-3-11(19)15(20)16(12)21/h1-5,25H,6-7H2,(H,26,28)(H,27,29). The third-order valence-electron chi connectivity index (χ3n) is 3.48. The monoisotopic (exact) mass is 439 g/mol. The van der Waals surface area contributed by atoms with Gasteiger partial charge < -0.3 is 16.0 Å². The Morgan fingerprint density at radius 2 is 1.62 bits per heavy atom. The van der Waals surface area contributed by atoms with Gasteiger partial charge in [0.05, 0.1) is 29.4 Å². The molecule has 0 saturated heterocycles. The van der Waals surface area contributed by atoms with Gasteiger partial charge in [0.1, 0.15) is 0 Å². The van der Waals surface area contributed by atoms with E-state index in [-0.39, 0.29) is 5.69 Å². The molecule has 0 aromatic heterocycles. The Kier molecular flexibility index (Phi) is 6.96. The number of alkyl halides is 3. The van der Waals surface area contributed by atoms with Gasteiger partial charge in [0.2, 0.25) is 11.8 Å². The molecule has 2 aromatic rings. The Bertz CT molecular complexity index is 936. The summed E-state index contributed by atoms with van der Waals surface area (Å²) < 4.78 is 77.7. The van der Waals surface area contributed by atoms with Crippen LogP contribution in [0.3, 0.4) is 0 Å². The van der Waals surface area contributed by atoms with Crippen LogP contribution in [-0.4, -0.2) is 24.9 Å². The molecule has 0 heterocycles. The lowest BCUT2D eigenvalue weighted by Crippen LogP contribution is -2.36. The maximum atomic E-state index is 13.5. The van der Waals surface area contributed by atoms with Crippen molar-refractivity contribution in [3.05, 3.63) is 58.4 Å². The number of carbonyl (C=O) groups excluding carboxylic acids is 2. The Labute approximate surface area is 165 Å². The Balaban J connectivity index is 1.86. The van der Waals surface area contributed by atoms with Crippen molar-refractivity contribution in [2.24, 2.45) is 0 Å². The lowest BCUT2D eigenvalue weighted by molar-refractivity contribution is -0.137. The molecule has 156 valence electrons. The molecule has 2 aromatic carbocycles. The second kappa shape index (κ2) is 9.03. The average molecular weight is 440 g/mol. The number of rotatable bonds is 6. The lowest BCUT2D eigenvalue weighted by atomic mass is 10.2. The number of halogens is 7. The van der Waals surface area contributed by atoms with Crippen molar-refractivity contribution in [3.63, 3.8) is 0 Å². The quantitative estimate of drug-likeness (QED) is 0.471. The molecule has 0 unspecified atom stereocenters. The second-order valence-corrected chi connectivity index (χ2v) is 6.00. The lowest BCUT2D eigenvalue weighted by Gasteiger charge is -2.12. The topological polar surface area (TPSA) is 70.2 Å². The fourth-order valence-corrected chi connectivity index (χ4v) is 2.32. The van der Waals surface area contributed by atoms with E-state index in [0.717, 1.165) is 12.1 Å². The van der Waals surface area contributed by atoms with Crippen LogP contribution in [0.5, 0.6) is 0 Å². The highest BCUT2D eigenvalue weighted by Crippen LogP contribution is 2.36. The van der Waals surface area contributed by atoms with Crippen molar-refractivity contribution in [2.45, 2.75) is 6.18 Å². The minimum Gasteiger partial charge on any atom is -0.376 e. The van der Waals surface area contributed by atoms with Gasteiger partial charge >= 0.3 is 6.18 Å². The number of hydrogen-bond donors (Lipinski definition) is 3. The highest BCUT2D eigenvalue weighted by Gasteiger charge is 2.33. The molecular formula is C17H12ClF6N3O2. The van der Waals surface area contributed by atoms with Crippen molar-refractivity contribution in [3.8, 4) is 0 Å². The third-order valence-corrected chi connectivity index (χ3v) is 3.81. The van der Waals surface area contributed by atoms with E-state index in [1.165, 1.54) is 6.07 Å². The SMILES string of the molecule is O=C(CNc1ccc(Cl)c(C(F)(F)F)c1)NCC(=O)Nc1ccc(F)c(F)c1F. The molecule has 29 heavy (non-hydrogen) atoms. The first kappa shape index (κ1) is 22.3. The summed E-state index contributed by atoms with van der Waals surface area (Å²) in [4.78, 5) is 23.4. The zero-order chi connectivity index (χ0) is 21.8. The summed E-state index contributed by atoms with van der Waals surface area (Å²) in [5.41, 5.74) is -1.75. The Morgan fingerprint density at radius 1 is 0.931 bits per heavy atom. The van der Waals surface area contributed by atoms with Gasteiger partial charge in [-0.15, -0.1) is 0 Å². The summed E-state index contributed by atoms with van der Waals surface area (Å²) in [5, 5.41) is 5.99. The van der Waals surface area contributed by atoms with E-state index >= 15 is 0 Å². The van der Waals surface area contributed by atoms with Gasteiger partial charge in [-0.25, -0.2) is 13.2 Å². The largest absolute Gasteiger partial charge is 0.417 e. The van der Waals surface area contributed by atoms with E-state index in [1.807, 2.05) is 5.32 Å². The molecule has 3 N–H and O–H groups in total. The number of nitrogens with one attached hydrogen (secondary N) is 3. The van der Waals surface area contributed by atoms with Crippen LogP contribution < -0.4 is 16.0 Å². The van der Waals surface area contributed by atoms with Crippen LogP contribution in [0.2, 0.25) is 5.02 Å². The number of amides is 2. The van der Waals surface area contributed by atoms with E-state index in [2.05, 4.69) is 10.6 Å². The van der Waals surface area contributed by atoms with Crippen LogP contribution in [0.25, 0.3) is 0 Å². The van der Waals surface area contributed by atoms with Crippen LogP contribution in [0.15, 0.2) is 30.3 Å². The van der Waals surface area contributed by atoms with Gasteiger partial charge in [0.15, 0.2) is 17.5 Å². The number of carbonyl (C=O) groups is 2. The fourth-order valence-electron chi connectivity index (χ4n) is 2.09. The van der Waals surface area contributed by atoms with E-state index in [0.29, 0.717) is 12.1 Å². The molecule has 0 aliphatic carbocycles. The molecule has 0 aliphatic heterocycles. The van der Waals surface area contributed by atoms with E-state index in [9.17, 15) is 35.9 Å². The first-order valence-electron chi connectivity index (χ1n) is 7.79. The summed E-state index contributed by atoms with van der Waals surface area (Å²) in [6.07, 6.45) is -4.68. The summed E-state index contributed by atoms with van der Waals surface area (Å²) in [5.74, 6) is -6.51. The van der Waals surface area contributed by atoms with Crippen LogP contribution >= 0.6 is 11.6 Å². The van der Waals surface area contributed by atoms with Gasteiger partial charge in [-0.05, 0) is 30.3 Å². The van der Waals surface area contributed by atoms with E-state index in [4.69, 9.17) is 11.6 Å². The van der Waals surface area contributed by atoms with Crippen LogP contribution in [0.4, 0.5) is 37.7 Å². The highest BCUT2D eigenvalue weighted by molar-refractivity contribution is 6.31. The normalized spacial score (nSPS) is 11.1. The molecule has 0 saturated carbocycles. The molecule has 0 bridgehead atoms. The predicted molar refractivity (Wildman–Crippen MR) is 92.9 cm³/mol. The summed E-state index contributed by atoms with van der Waals surface area (Å²) in [6.45, 7) is -1.13. The minimum atomic E-state index is -4.68. The molecular weight excluding hydrogens is 428 g/mol. The van der Waals surface area contributed by atoms with Gasteiger partial charge in [-0.2, -0.15) is 13.2 Å². The fraction of sp³-hybridized carbons (Fsp3) is 0.176. The molecule has 0 spiro atoms. The minimum absolute atomic E-state index is 0.0369. The third kappa shape index (κ3) is 6.01. The second-order valence-electron chi connectivity index (χ2n) is 5.59. The maximum absolute atomic E-state index is 13.5. The molecule has 2 rings (SSSR count). The van der Waals surface area contributed by atoms with Gasteiger partial charge in [0.25, 0.3) is 0 Å². The van der Waals surface area contributed by atoms with E-state index < -0.39 is 64.8 Å². The van der Waals surface area contributed by atoms with Gasteiger partial charge in [0, 0.05) is 5.69 Å². The van der Waals surface area contributed by atoms with Gasteiger partial charge in [-0.1, -0.05) is 11.6 Å². The molecule has 0 atom stereocenters. The molecule has 0 radical (unpaired) electrons. The molecule has 0 aliphatic rings. The van der Waals surface area contributed by atoms with Crippen LogP contribution in [0, 0.1) is 17.5 Å². The smallest absolute Gasteiger partial charge is 0.376 e. The predicted octanol–water partition coefficient (Wildman–Crippen LogP) is 3.94. The summed E-state index contributed by atoms with van der Waals surface area (Å²) >= 11 is 5.48. The molecule has 12 heteroatoms. The Morgan fingerprint density at radius 3 is 2.28 bits per heavy atom. The average Bonchev–Trinajstić information content (AvgIpc) is 2.65. The number of hydrogen-bond acceptors (Lipinski definition) is 3. The van der Waals surface area contributed by atoms with E-state index in [1.54, 1.807) is 0 Å².